The number of nitro groups is 1. The second-order valence-corrected chi connectivity index (χ2v) is 6.36. The predicted molar refractivity (Wildman–Crippen MR) is 100 cm³/mol. The van der Waals surface area contributed by atoms with Crippen molar-refractivity contribution >= 4 is 23.4 Å². The van der Waals surface area contributed by atoms with Crippen LogP contribution in [0.1, 0.15) is 33.0 Å². The summed E-state index contributed by atoms with van der Waals surface area (Å²) in [4.78, 5) is 22.5. The first-order chi connectivity index (χ1) is 12.6. The molecule has 0 amide bonds. The van der Waals surface area contributed by atoms with Crippen molar-refractivity contribution in [2.24, 2.45) is 0 Å². The maximum atomic E-state index is 11.8. The van der Waals surface area contributed by atoms with E-state index in [0.717, 1.165) is 28.2 Å². The first-order valence-corrected chi connectivity index (χ1v) is 8.38. The van der Waals surface area contributed by atoms with Gasteiger partial charge in [-0.1, -0.05) is 42.5 Å². The molecular weight excluding hydrogens is 350 g/mol. The van der Waals surface area contributed by atoms with Crippen LogP contribution in [0.15, 0.2) is 66.7 Å². The number of carbonyl (C=O) groups excluding carboxylic acids is 1. The third-order valence-corrected chi connectivity index (χ3v) is 4.70. The summed E-state index contributed by atoms with van der Waals surface area (Å²) in [5.74, 6) is 1.27. The van der Waals surface area contributed by atoms with Crippen LogP contribution in [0, 0.1) is 10.1 Å². The highest BCUT2D eigenvalue weighted by Gasteiger charge is 2.30. The molecule has 3 aromatic carbocycles. The van der Waals surface area contributed by atoms with E-state index in [1.54, 1.807) is 12.1 Å². The Hall–Kier alpha value is -3.12. The highest BCUT2D eigenvalue weighted by Crippen LogP contribution is 2.47. The van der Waals surface area contributed by atoms with Crippen LogP contribution in [-0.4, -0.2) is 10.0 Å². The molecule has 0 saturated carbocycles. The zero-order valence-electron chi connectivity index (χ0n) is 13.5. The number of ether oxygens (including phenoxy) is 1. The summed E-state index contributed by atoms with van der Waals surface area (Å²) in [6, 6.07) is 19.9. The van der Waals surface area contributed by atoms with Crippen LogP contribution >= 0.6 is 12.6 Å². The molecule has 4 rings (SSSR count). The van der Waals surface area contributed by atoms with Gasteiger partial charge in [-0.05, 0) is 23.8 Å². The number of thiol groups is 1. The van der Waals surface area contributed by atoms with Crippen LogP contribution in [0.25, 0.3) is 0 Å². The summed E-state index contributed by atoms with van der Waals surface area (Å²) < 4.78 is 5.98. The van der Waals surface area contributed by atoms with Crippen LogP contribution in [0.4, 0.5) is 5.69 Å². The third-order valence-electron chi connectivity index (χ3n) is 4.46. The van der Waals surface area contributed by atoms with E-state index >= 15 is 0 Å². The zero-order valence-corrected chi connectivity index (χ0v) is 14.4. The average molecular weight is 363 g/mol. The Labute approximate surface area is 154 Å². The lowest BCUT2D eigenvalue weighted by Crippen LogP contribution is -2.12. The van der Waals surface area contributed by atoms with Gasteiger partial charge in [-0.3, -0.25) is 14.9 Å². The molecule has 0 aromatic heterocycles. The number of benzene rings is 3. The Morgan fingerprint density at radius 3 is 2.08 bits per heavy atom. The first kappa shape index (κ1) is 16.4. The lowest BCUT2D eigenvalue weighted by atomic mass is 9.82. The minimum absolute atomic E-state index is 0.0164. The van der Waals surface area contributed by atoms with Crippen molar-refractivity contribution in [3.05, 3.63) is 99.1 Å². The second-order valence-electron chi connectivity index (χ2n) is 5.95. The molecule has 0 N–H and O–H groups in total. The van der Waals surface area contributed by atoms with Crippen molar-refractivity contribution < 1.29 is 14.5 Å². The minimum Gasteiger partial charge on any atom is -0.457 e. The SMILES string of the molecule is O=C(S)c1cc(C2c3ccccc3Oc3ccccc32)ccc1[N+](=O)[O-]. The van der Waals surface area contributed by atoms with Crippen molar-refractivity contribution in [2.75, 3.05) is 0 Å². The van der Waals surface area contributed by atoms with Gasteiger partial charge in [0.15, 0.2) is 0 Å². The first-order valence-electron chi connectivity index (χ1n) is 7.93. The maximum Gasteiger partial charge on any atom is 0.281 e. The van der Waals surface area contributed by atoms with Crippen molar-refractivity contribution in [3.63, 3.8) is 0 Å². The van der Waals surface area contributed by atoms with Gasteiger partial charge in [0.1, 0.15) is 17.1 Å². The molecule has 1 aliphatic rings. The Morgan fingerprint density at radius 2 is 1.54 bits per heavy atom. The molecular formula is C20H13NO4S. The van der Waals surface area contributed by atoms with E-state index in [9.17, 15) is 14.9 Å². The van der Waals surface area contributed by atoms with Gasteiger partial charge in [0.05, 0.1) is 4.92 Å². The van der Waals surface area contributed by atoms with E-state index in [4.69, 9.17) is 4.74 Å². The number of nitrogens with zero attached hydrogens (tertiary/aromatic N) is 1. The van der Waals surface area contributed by atoms with E-state index < -0.39 is 10.0 Å². The summed E-state index contributed by atoms with van der Waals surface area (Å²) in [5, 5.41) is 10.6. The average Bonchev–Trinajstić information content (AvgIpc) is 2.65. The Morgan fingerprint density at radius 1 is 0.962 bits per heavy atom. The van der Waals surface area contributed by atoms with Gasteiger partial charge in [-0.2, -0.15) is 0 Å². The normalized spacial score (nSPS) is 12.7. The fraction of sp³-hybridized carbons (Fsp3) is 0.0500. The van der Waals surface area contributed by atoms with E-state index in [1.807, 2.05) is 48.5 Å². The Balaban J connectivity index is 1.95. The Kier molecular flexibility index (Phi) is 3.97. The number of hydrogen-bond acceptors (Lipinski definition) is 4. The molecule has 5 nitrogen and oxygen atoms in total. The van der Waals surface area contributed by atoms with E-state index in [2.05, 4.69) is 12.6 Å². The number of nitro benzene ring substituents is 1. The van der Waals surface area contributed by atoms with E-state index in [-0.39, 0.29) is 17.2 Å². The number of carbonyl (C=O) groups is 1. The quantitative estimate of drug-likeness (QED) is 0.318. The molecule has 0 saturated heterocycles. The highest BCUT2D eigenvalue weighted by atomic mass is 32.1. The molecule has 128 valence electrons. The van der Waals surface area contributed by atoms with Crippen molar-refractivity contribution in [1.82, 2.24) is 0 Å². The van der Waals surface area contributed by atoms with Crippen LogP contribution in [0.2, 0.25) is 0 Å². The molecule has 0 unspecified atom stereocenters. The van der Waals surface area contributed by atoms with Gasteiger partial charge >= 0.3 is 0 Å². The van der Waals surface area contributed by atoms with E-state index in [0.29, 0.717) is 0 Å². The number of hydrogen-bond donors (Lipinski definition) is 1. The monoisotopic (exact) mass is 363 g/mol. The second kappa shape index (κ2) is 6.31. The largest absolute Gasteiger partial charge is 0.457 e. The summed E-state index contributed by atoms with van der Waals surface area (Å²) in [6.45, 7) is 0. The lowest BCUT2D eigenvalue weighted by Gasteiger charge is -2.28. The van der Waals surface area contributed by atoms with Crippen LogP contribution in [-0.2, 0) is 0 Å². The number of rotatable bonds is 3. The molecule has 6 heteroatoms. The predicted octanol–water partition coefficient (Wildman–Crippen LogP) is 4.95. The molecule has 0 fully saturated rings. The van der Waals surface area contributed by atoms with Gasteiger partial charge < -0.3 is 4.74 Å². The van der Waals surface area contributed by atoms with Gasteiger partial charge in [0.2, 0.25) is 5.12 Å². The van der Waals surface area contributed by atoms with Crippen LogP contribution in [0.3, 0.4) is 0 Å². The molecule has 1 heterocycles. The summed E-state index contributed by atoms with van der Waals surface area (Å²) in [6.07, 6.45) is 0. The van der Waals surface area contributed by atoms with Crippen LogP contribution < -0.4 is 4.74 Å². The van der Waals surface area contributed by atoms with Gasteiger partial charge in [-0.15, -0.1) is 12.6 Å². The zero-order chi connectivity index (χ0) is 18.3. The molecule has 3 aromatic rings. The van der Waals surface area contributed by atoms with Crippen molar-refractivity contribution in [2.45, 2.75) is 5.92 Å². The topological polar surface area (TPSA) is 69.4 Å². The third kappa shape index (κ3) is 2.64. The maximum absolute atomic E-state index is 11.8. The fourth-order valence-corrected chi connectivity index (χ4v) is 3.51. The fourth-order valence-electron chi connectivity index (χ4n) is 3.33. The molecule has 0 radical (unpaired) electrons. The molecule has 1 aliphatic heterocycles. The van der Waals surface area contributed by atoms with E-state index in [1.165, 1.54) is 6.07 Å². The highest BCUT2D eigenvalue weighted by molar-refractivity contribution is 7.97. The van der Waals surface area contributed by atoms with Crippen molar-refractivity contribution in [1.29, 1.82) is 0 Å². The lowest BCUT2D eigenvalue weighted by molar-refractivity contribution is -0.385. The standard InChI is InChI=1S/C20H13NO4S/c22-20(26)15-11-12(9-10-16(15)21(23)24)19-13-5-1-3-7-17(13)25-18-8-4-2-6-14(18)19/h1-11,19H,(H,22,26). The molecule has 0 atom stereocenters. The molecule has 26 heavy (non-hydrogen) atoms. The van der Waals surface area contributed by atoms with Gasteiger partial charge in [0.25, 0.3) is 5.69 Å². The van der Waals surface area contributed by atoms with Gasteiger partial charge in [0, 0.05) is 23.1 Å². The van der Waals surface area contributed by atoms with Crippen molar-refractivity contribution in [3.8, 4) is 11.5 Å². The number of fused-ring (bicyclic) bond motifs is 2. The Bertz CT molecular complexity index is 1000. The molecule has 0 aliphatic carbocycles. The smallest absolute Gasteiger partial charge is 0.281 e. The molecule has 0 bridgehead atoms. The summed E-state index contributed by atoms with van der Waals surface area (Å²) in [7, 11) is 0. The summed E-state index contributed by atoms with van der Waals surface area (Å²) >= 11 is 3.81. The minimum atomic E-state index is -0.632. The van der Waals surface area contributed by atoms with Gasteiger partial charge in [-0.25, -0.2) is 0 Å². The number of para-hydroxylation sites is 2. The summed E-state index contributed by atoms with van der Waals surface area (Å²) in [5.41, 5.74) is 2.39. The molecule has 0 spiro atoms. The van der Waals surface area contributed by atoms with Crippen LogP contribution in [0.5, 0.6) is 11.5 Å².